The molecular formula is C23H27N2. The molecular weight excluding hydrogens is 304 g/mol. The maximum absolute atomic E-state index is 5.87. The Morgan fingerprint density at radius 1 is 0.800 bits per heavy atom. The summed E-state index contributed by atoms with van der Waals surface area (Å²) in [6.07, 6.45) is 6.83. The van der Waals surface area contributed by atoms with Crippen molar-refractivity contribution in [3.05, 3.63) is 101 Å². The van der Waals surface area contributed by atoms with Gasteiger partial charge in [0.05, 0.1) is 0 Å². The van der Waals surface area contributed by atoms with Crippen molar-refractivity contribution in [1.82, 2.24) is 0 Å². The van der Waals surface area contributed by atoms with Crippen molar-refractivity contribution in [2.45, 2.75) is 32.9 Å². The fraction of sp³-hybridized carbons (Fsp3) is 0.261. The van der Waals surface area contributed by atoms with E-state index in [9.17, 15) is 0 Å². The number of rotatable bonds is 6. The highest BCUT2D eigenvalue weighted by Crippen LogP contribution is 2.40. The van der Waals surface area contributed by atoms with Crippen LogP contribution in [0.25, 0.3) is 0 Å². The Labute approximate surface area is 151 Å². The monoisotopic (exact) mass is 331 g/mol. The zero-order valence-electron chi connectivity index (χ0n) is 15.1. The number of benzene rings is 2. The lowest BCUT2D eigenvalue weighted by Crippen LogP contribution is -2.10. The zero-order valence-corrected chi connectivity index (χ0v) is 15.1. The van der Waals surface area contributed by atoms with Crippen molar-refractivity contribution in [3.8, 4) is 0 Å². The largest absolute Gasteiger partial charge is 0.326 e. The summed E-state index contributed by atoms with van der Waals surface area (Å²) < 4.78 is 0. The van der Waals surface area contributed by atoms with Crippen LogP contribution in [0, 0.1) is 11.8 Å². The van der Waals surface area contributed by atoms with Crippen molar-refractivity contribution in [2.75, 3.05) is 0 Å². The summed E-state index contributed by atoms with van der Waals surface area (Å²) in [4.78, 5) is 0. The summed E-state index contributed by atoms with van der Waals surface area (Å²) in [7, 11) is 0. The normalized spacial score (nSPS) is 14.6. The van der Waals surface area contributed by atoms with E-state index in [-0.39, 0.29) is 5.92 Å². The van der Waals surface area contributed by atoms with E-state index < -0.39 is 0 Å². The molecule has 0 aromatic heterocycles. The van der Waals surface area contributed by atoms with E-state index in [4.69, 9.17) is 11.5 Å². The molecule has 3 rings (SSSR count). The molecule has 0 bridgehead atoms. The van der Waals surface area contributed by atoms with E-state index in [0.717, 1.165) is 11.1 Å². The highest BCUT2D eigenvalue weighted by Gasteiger charge is 2.26. The quantitative estimate of drug-likeness (QED) is 0.821. The highest BCUT2D eigenvalue weighted by molar-refractivity contribution is 5.53. The molecule has 1 radical (unpaired) electrons. The van der Waals surface area contributed by atoms with Crippen molar-refractivity contribution in [1.29, 1.82) is 0 Å². The summed E-state index contributed by atoms with van der Waals surface area (Å²) in [5.41, 5.74) is 18.0. The van der Waals surface area contributed by atoms with Gasteiger partial charge in [-0.15, -0.1) is 0 Å². The molecule has 2 aromatic rings. The first-order valence-electron chi connectivity index (χ1n) is 8.96. The fourth-order valence-electron chi connectivity index (χ4n) is 3.40. The number of allylic oxidation sites excluding steroid dienone is 4. The Balaban J connectivity index is 2.07. The van der Waals surface area contributed by atoms with E-state index in [1.54, 1.807) is 0 Å². The Hall–Kier alpha value is -2.16. The molecule has 1 aliphatic carbocycles. The average molecular weight is 331 g/mol. The zero-order chi connectivity index (χ0) is 17.8. The molecule has 129 valence electrons. The molecule has 4 N–H and O–H groups in total. The molecule has 0 unspecified atom stereocenters. The van der Waals surface area contributed by atoms with Crippen molar-refractivity contribution in [2.24, 2.45) is 17.4 Å². The molecule has 0 atom stereocenters. The molecule has 1 aliphatic rings. The lowest BCUT2D eigenvalue weighted by atomic mass is 9.80. The van der Waals surface area contributed by atoms with Crippen molar-refractivity contribution in [3.63, 3.8) is 0 Å². The Kier molecular flexibility index (Phi) is 5.52. The predicted molar refractivity (Wildman–Crippen MR) is 106 cm³/mol. The molecule has 0 spiro atoms. The van der Waals surface area contributed by atoms with Crippen LogP contribution >= 0.6 is 0 Å². The van der Waals surface area contributed by atoms with Crippen LogP contribution in [0.3, 0.4) is 0 Å². The molecule has 0 saturated heterocycles. The van der Waals surface area contributed by atoms with Crippen LogP contribution in [0.4, 0.5) is 0 Å². The van der Waals surface area contributed by atoms with E-state index in [0.29, 0.717) is 19.0 Å². The third-order valence-corrected chi connectivity index (χ3v) is 4.84. The van der Waals surface area contributed by atoms with Gasteiger partial charge in [-0.3, -0.25) is 0 Å². The summed E-state index contributed by atoms with van der Waals surface area (Å²) in [6.45, 7) is 5.58. The fourth-order valence-corrected chi connectivity index (χ4v) is 3.40. The minimum atomic E-state index is 0.200. The summed E-state index contributed by atoms with van der Waals surface area (Å²) in [5.74, 6) is 2.05. The van der Waals surface area contributed by atoms with E-state index in [1.165, 1.54) is 22.6 Å². The number of nitrogens with two attached hydrogens (primary N) is 2. The maximum atomic E-state index is 5.87. The number of hydrogen-bond acceptors (Lipinski definition) is 2. The predicted octanol–water partition coefficient (Wildman–Crippen LogP) is 4.46. The second-order valence-electron chi connectivity index (χ2n) is 6.96. The van der Waals surface area contributed by atoms with Crippen LogP contribution in [0.5, 0.6) is 0 Å². The van der Waals surface area contributed by atoms with Crippen LogP contribution < -0.4 is 11.5 Å². The van der Waals surface area contributed by atoms with Crippen LogP contribution in [0.15, 0.2) is 72.3 Å². The minimum Gasteiger partial charge on any atom is -0.326 e. The molecule has 25 heavy (non-hydrogen) atoms. The van der Waals surface area contributed by atoms with Crippen LogP contribution in [-0.2, 0) is 13.1 Å². The molecule has 0 heterocycles. The third kappa shape index (κ3) is 3.92. The lowest BCUT2D eigenvalue weighted by Gasteiger charge is -2.23. The summed E-state index contributed by atoms with van der Waals surface area (Å²) in [5, 5.41) is 0. The van der Waals surface area contributed by atoms with E-state index >= 15 is 0 Å². The van der Waals surface area contributed by atoms with Gasteiger partial charge in [0.25, 0.3) is 0 Å². The molecule has 2 aromatic carbocycles. The van der Waals surface area contributed by atoms with E-state index in [2.05, 4.69) is 80.6 Å². The van der Waals surface area contributed by atoms with Crippen LogP contribution in [0.2, 0.25) is 0 Å². The Morgan fingerprint density at radius 2 is 1.36 bits per heavy atom. The van der Waals surface area contributed by atoms with Gasteiger partial charge in [-0.25, -0.2) is 0 Å². The Morgan fingerprint density at radius 3 is 1.80 bits per heavy atom. The SMILES string of the molecule is CC(C)C1=C[C](C(c2cccc(CN)c2)c2cccc(CN)c2)C=C1. The molecule has 0 aliphatic heterocycles. The molecule has 0 fully saturated rings. The number of hydrogen-bond donors (Lipinski definition) is 2. The summed E-state index contributed by atoms with van der Waals surface area (Å²) >= 11 is 0. The van der Waals surface area contributed by atoms with Gasteiger partial charge in [-0.1, -0.05) is 80.6 Å². The maximum Gasteiger partial charge on any atom is 0.0315 e. The summed E-state index contributed by atoms with van der Waals surface area (Å²) in [6, 6.07) is 17.2. The molecule has 0 amide bonds. The first kappa shape index (κ1) is 17.7. The van der Waals surface area contributed by atoms with Gasteiger partial charge in [0.2, 0.25) is 0 Å². The molecule has 2 heteroatoms. The van der Waals surface area contributed by atoms with Gasteiger partial charge in [-0.05, 0) is 33.7 Å². The lowest BCUT2D eigenvalue weighted by molar-refractivity contribution is 0.790. The van der Waals surface area contributed by atoms with E-state index in [1.807, 2.05) is 0 Å². The standard InChI is InChI=1S/C23H27N2/c1-16(2)19-9-10-22(13-19)23(20-7-3-5-17(11-20)14-24)21-8-4-6-18(12-21)15-25/h3-13,16,23H,14-15,24-25H2,1-2H3. The second-order valence-corrected chi connectivity index (χ2v) is 6.96. The highest BCUT2D eigenvalue weighted by atomic mass is 14.5. The molecule has 2 nitrogen and oxygen atoms in total. The third-order valence-electron chi connectivity index (χ3n) is 4.84. The van der Waals surface area contributed by atoms with Crippen molar-refractivity contribution >= 4 is 0 Å². The van der Waals surface area contributed by atoms with Gasteiger partial charge in [0, 0.05) is 24.9 Å². The first-order chi connectivity index (χ1) is 12.1. The minimum absolute atomic E-state index is 0.200. The van der Waals surface area contributed by atoms with Gasteiger partial charge in [0.15, 0.2) is 0 Å². The average Bonchev–Trinajstić information content (AvgIpc) is 3.12. The van der Waals surface area contributed by atoms with Gasteiger partial charge in [0.1, 0.15) is 0 Å². The van der Waals surface area contributed by atoms with Crippen LogP contribution in [0.1, 0.15) is 42.0 Å². The Bertz CT molecular complexity index is 739. The second kappa shape index (κ2) is 7.81. The van der Waals surface area contributed by atoms with Gasteiger partial charge >= 0.3 is 0 Å². The van der Waals surface area contributed by atoms with Gasteiger partial charge in [-0.2, -0.15) is 0 Å². The van der Waals surface area contributed by atoms with Crippen LogP contribution in [-0.4, -0.2) is 0 Å². The van der Waals surface area contributed by atoms with Crippen molar-refractivity contribution < 1.29 is 0 Å². The molecule has 0 saturated carbocycles. The topological polar surface area (TPSA) is 52.0 Å². The smallest absolute Gasteiger partial charge is 0.0315 e. The first-order valence-corrected chi connectivity index (χ1v) is 8.96. The van der Waals surface area contributed by atoms with Gasteiger partial charge < -0.3 is 11.5 Å².